The Morgan fingerprint density at radius 3 is 2.41 bits per heavy atom. The largest absolute Gasteiger partial charge is 0.381 e. The minimum absolute atomic E-state index is 0.250. The van der Waals surface area contributed by atoms with Crippen LogP contribution in [0.3, 0.4) is 0 Å². The number of aryl methyl sites for hydroxylation is 2. The molecule has 2 aliphatic rings. The van der Waals surface area contributed by atoms with E-state index in [4.69, 9.17) is 9.72 Å². The highest BCUT2D eigenvalue weighted by Gasteiger charge is 2.22. The second kappa shape index (κ2) is 16.4. The number of fused-ring (bicyclic) bond motifs is 1. The standard InChI is InChI=1S/C38H50N8O3/c1-4-34-32(37(43-31-12-16-49-17-13-31)33-23-42-46(5-2)38(33)44-34)22-41-36(48)20-35(47)40-21-27-8-6-10-29(18-27)30-11-7-9-28(19-30)25-45-15-14-39-26(3)24-45/h6-11,18-19,23,26,31,39H,4-5,12-17,20-22,24-25H2,1-3H3,(H,40,47)(H,41,48)(H,43,44)/t26-/m1/s1. The van der Waals surface area contributed by atoms with Gasteiger partial charge in [-0.3, -0.25) is 14.5 Å². The van der Waals surface area contributed by atoms with Crippen LogP contribution in [0.2, 0.25) is 0 Å². The van der Waals surface area contributed by atoms with Crippen molar-refractivity contribution in [2.24, 2.45) is 0 Å². The summed E-state index contributed by atoms with van der Waals surface area (Å²) in [6.45, 7) is 13.2. The highest BCUT2D eigenvalue weighted by Crippen LogP contribution is 2.31. The lowest BCUT2D eigenvalue weighted by molar-refractivity contribution is -0.129. The molecule has 4 aromatic rings. The van der Waals surface area contributed by atoms with Gasteiger partial charge in [-0.2, -0.15) is 5.10 Å². The molecule has 2 aromatic heterocycles. The summed E-state index contributed by atoms with van der Waals surface area (Å²) in [4.78, 5) is 33.4. The second-order valence-electron chi connectivity index (χ2n) is 13.2. The Balaban J connectivity index is 1.06. The number of ether oxygens (including phenoxy) is 1. The molecule has 2 saturated heterocycles. The molecular formula is C38H50N8O3. The fourth-order valence-corrected chi connectivity index (χ4v) is 6.88. The van der Waals surface area contributed by atoms with Gasteiger partial charge in [0.15, 0.2) is 5.65 Å². The van der Waals surface area contributed by atoms with Crippen molar-refractivity contribution >= 4 is 28.5 Å². The van der Waals surface area contributed by atoms with E-state index in [9.17, 15) is 9.59 Å². The zero-order chi connectivity index (χ0) is 34.2. The molecule has 0 saturated carbocycles. The molecule has 0 unspecified atom stereocenters. The normalized spacial score (nSPS) is 17.2. The van der Waals surface area contributed by atoms with Gasteiger partial charge < -0.3 is 26.0 Å². The van der Waals surface area contributed by atoms with Crippen LogP contribution in [0, 0.1) is 0 Å². The predicted octanol–water partition coefficient (Wildman–Crippen LogP) is 4.39. The van der Waals surface area contributed by atoms with Crippen molar-refractivity contribution in [3.8, 4) is 11.1 Å². The van der Waals surface area contributed by atoms with E-state index in [0.29, 0.717) is 19.0 Å². The number of nitrogens with zero attached hydrogens (tertiary/aromatic N) is 4. The lowest BCUT2D eigenvalue weighted by atomic mass is 10.0. The average molecular weight is 667 g/mol. The van der Waals surface area contributed by atoms with Gasteiger partial charge in [0.05, 0.1) is 17.3 Å². The van der Waals surface area contributed by atoms with E-state index in [-0.39, 0.29) is 30.8 Å². The Labute approximate surface area is 289 Å². The number of carbonyl (C=O) groups excluding carboxylic acids is 2. The van der Waals surface area contributed by atoms with Crippen LogP contribution in [0.25, 0.3) is 22.2 Å². The maximum absolute atomic E-state index is 13.0. The highest BCUT2D eigenvalue weighted by atomic mass is 16.5. The van der Waals surface area contributed by atoms with Gasteiger partial charge >= 0.3 is 0 Å². The summed E-state index contributed by atoms with van der Waals surface area (Å²) in [6.07, 6.45) is 4.12. The number of nitrogens with one attached hydrogen (secondary N) is 4. The zero-order valence-electron chi connectivity index (χ0n) is 29.1. The molecule has 11 nitrogen and oxygen atoms in total. The molecule has 2 aliphatic heterocycles. The molecule has 0 bridgehead atoms. The smallest absolute Gasteiger partial charge is 0.229 e. The lowest BCUT2D eigenvalue weighted by Gasteiger charge is -2.31. The second-order valence-corrected chi connectivity index (χ2v) is 13.2. The van der Waals surface area contributed by atoms with Gasteiger partial charge in [-0.15, -0.1) is 0 Å². The zero-order valence-corrected chi connectivity index (χ0v) is 29.1. The summed E-state index contributed by atoms with van der Waals surface area (Å²) >= 11 is 0. The van der Waals surface area contributed by atoms with Crippen LogP contribution in [0.4, 0.5) is 5.69 Å². The van der Waals surface area contributed by atoms with Crippen molar-refractivity contribution in [1.29, 1.82) is 0 Å². The predicted molar refractivity (Wildman–Crippen MR) is 193 cm³/mol. The molecule has 1 atom stereocenters. The van der Waals surface area contributed by atoms with E-state index in [1.54, 1.807) is 0 Å². The van der Waals surface area contributed by atoms with E-state index in [2.05, 4.69) is 88.4 Å². The number of piperazine rings is 1. The Morgan fingerprint density at radius 2 is 1.69 bits per heavy atom. The quantitative estimate of drug-likeness (QED) is 0.155. The number of benzene rings is 2. The number of hydrogen-bond donors (Lipinski definition) is 4. The Hall–Kier alpha value is -4.32. The van der Waals surface area contributed by atoms with Crippen LogP contribution in [-0.2, 0) is 46.9 Å². The first-order valence-corrected chi connectivity index (χ1v) is 17.8. The summed E-state index contributed by atoms with van der Waals surface area (Å²) < 4.78 is 7.48. The van der Waals surface area contributed by atoms with Gasteiger partial charge in [-0.1, -0.05) is 43.3 Å². The number of hydrogen-bond acceptors (Lipinski definition) is 8. The lowest BCUT2D eigenvalue weighted by Crippen LogP contribution is -2.48. The van der Waals surface area contributed by atoms with Crippen LogP contribution < -0.4 is 21.3 Å². The molecule has 2 amide bonds. The van der Waals surface area contributed by atoms with E-state index in [0.717, 1.165) is 103 Å². The molecule has 11 heteroatoms. The topological polar surface area (TPSA) is 125 Å². The van der Waals surface area contributed by atoms with Crippen LogP contribution in [0.1, 0.15) is 62.4 Å². The van der Waals surface area contributed by atoms with Gasteiger partial charge in [0.1, 0.15) is 6.42 Å². The number of amides is 2. The number of rotatable bonds is 13. The molecule has 0 radical (unpaired) electrons. The van der Waals surface area contributed by atoms with Crippen molar-refractivity contribution in [2.75, 3.05) is 38.2 Å². The summed E-state index contributed by atoms with van der Waals surface area (Å²) in [6, 6.07) is 17.7. The monoisotopic (exact) mass is 666 g/mol. The van der Waals surface area contributed by atoms with Gasteiger partial charge in [-0.25, -0.2) is 9.67 Å². The third-order valence-electron chi connectivity index (χ3n) is 9.50. The van der Waals surface area contributed by atoms with Crippen LogP contribution in [-0.4, -0.2) is 76.4 Å². The first kappa shape index (κ1) is 34.5. The molecule has 4 heterocycles. The molecular weight excluding hydrogens is 616 g/mol. The van der Waals surface area contributed by atoms with Crippen molar-refractivity contribution in [3.05, 3.63) is 77.1 Å². The molecule has 2 aromatic carbocycles. The molecule has 6 rings (SSSR count). The summed E-state index contributed by atoms with van der Waals surface area (Å²) in [7, 11) is 0. The minimum atomic E-state index is -0.328. The number of aromatic nitrogens is 3. The fourth-order valence-electron chi connectivity index (χ4n) is 6.88. The summed E-state index contributed by atoms with van der Waals surface area (Å²) in [5.74, 6) is -0.644. The van der Waals surface area contributed by atoms with Crippen molar-refractivity contribution in [2.45, 2.75) is 84.7 Å². The maximum Gasteiger partial charge on any atom is 0.229 e. The molecule has 260 valence electrons. The van der Waals surface area contributed by atoms with Crippen molar-refractivity contribution in [3.63, 3.8) is 0 Å². The molecule has 4 N–H and O–H groups in total. The SMILES string of the molecule is CCc1nc2c(cnn2CC)c(NC2CCOCC2)c1CNC(=O)CC(=O)NCc1cccc(-c2cccc(CN3CCN[C@H](C)C3)c2)c1. The average Bonchev–Trinajstić information content (AvgIpc) is 3.54. The van der Waals surface area contributed by atoms with Crippen LogP contribution in [0.15, 0.2) is 54.7 Å². The van der Waals surface area contributed by atoms with Gasteiger partial charge in [-0.05, 0) is 67.5 Å². The maximum atomic E-state index is 13.0. The van der Waals surface area contributed by atoms with Crippen LogP contribution >= 0.6 is 0 Å². The van der Waals surface area contributed by atoms with Crippen LogP contribution in [0.5, 0.6) is 0 Å². The van der Waals surface area contributed by atoms with E-state index >= 15 is 0 Å². The Kier molecular flexibility index (Phi) is 11.6. The number of carbonyl (C=O) groups is 2. The van der Waals surface area contributed by atoms with E-state index < -0.39 is 0 Å². The molecule has 0 aliphatic carbocycles. The molecule has 0 spiro atoms. The Bertz CT molecular complexity index is 1750. The minimum Gasteiger partial charge on any atom is -0.381 e. The summed E-state index contributed by atoms with van der Waals surface area (Å²) in [5.41, 5.74) is 8.18. The van der Waals surface area contributed by atoms with Gasteiger partial charge in [0, 0.05) is 82.4 Å². The number of pyridine rings is 1. The van der Waals surface area contributed by atoms with Crippen molar-refractivity contribution < 1.29 is 14.3 Å². The third kappa shape index (κ3) is 8.83. The number of anilines is 1. The first-order valence-electron chi connectivity index (χ1n) is 17.8. The highest BCUT2D eigenvalue weighted by molar-refractivity contribution is 5.97. The van der Waals surface area contributed by atoms with Gasteiger partial charge in [0.2, 0.25) is 11.8 Å². The van der Waals surface area contributed by atoms with E-state index in [1.807, 2.05) is 23.0 Å². The third-order valence-corrected chi connectivity index (χ3v) is 9.50. The Morgan fingerprint density at radius 1 is 0.980 bits per heavy atom. The first-order chi connectivity index (χ1) is 23.9. The van der Waals surface area contributed by atoms with Crippen molar-refractivity contribution in [1.82, 2.24) is 35.6 Å². The molecule has 49 heavy (non-hydrogen) atoms. The fraction of sp³-hybridized carbons (Fsp3) is 0.474. The van der Waals surface area contributed by atoms with Gasteiger partial charge in [0.25, 0.3) is 0 Å². The molecule has 2 fully saturated rings. The summed E-state index contributed by atoms with van der Waals surface area (Å²) in [5, 5.41) is 18.7. The van der Waals surface area contributed by atoms with E-state index in [1.165, 1.54) is 5.56 Å².